The average Bonchev–Trinajstić information content (AvgIpc) is 3.17. The van der Waals surface area contributed by atoms with Crippen molar-refractivity contribution in [3.8, 4) is 0 Å². The second-order valence-electron chi connectivity index (χ2n) is 7.22. The maximum Gasteiger partial charge on any atom is 0.170 e. The minimum atomic E-state index is -0.284. The van der Waals surface area contributed by atoms with Gasteiger partial charge >= 0.3 is 0 Å². The van der Waals surface area contributed by atoms with Crippen molar-refractivity contribution in [2.45, 2.75) is 52.6 Å². The zero-order valence-corrected chi connectivity index (χ0v) is 15.6. The standard InChI is InChI=1S/C20H25FN4O/c1-4-25-14(3)18(13(2)22-25)12-24-9-7-15(8-10-24)20-17-6-5-16(21)11-19(17)26-23-20/h5-6,11,15H,4,7-10,12H2,1-3H3. The first-order valence-corrected chi connectivity index (χ1v) is 9.37. The summed E-state index contributed by atoms with van der Waals surface area (Å²) in [5.41, 5.74) is 5.28. The molecule has 0 bridgehead atoms. The first-order chi connectivity index (χ1) is 12.6. The minimum absolute atomic E-state index is 0.284. The predicted octanol–water partition coefficient (Wildman–Crippen LogP) is 4.18. The number of halogens is 1. The molecule has 1 aliphatic heterocycles. The van der Waals surface area contributed by atoms with Crippen molar-refractivity contribution in [3.05, 3.63) is 46.7 Å². The van der Waals surface area contributed by atoms with Gasteiger partial charge in [-0.05, 0) is 58.8 Å². The van der Waals surface area contributed by atoms with Gasteiger partial charge in [0.15, 0.2) is 5.58 Å². The Kier molecular flexibility index (Phi) is 4.53. The van der Waals surface area contributed by atoms with E-state index in [9.17, 15) is 4.39 Å². The van der Waals surface area contributed by atoms with E-state index in [1.807, 2.05) is 0 Å². The van der Waals surface area contributed by atoms with Crippen molar-refractivity contribution in [2.75, 3.05) is 13.1 Å². The highest BCUT2D eigenvalue weighted by atomic mass is 19.1. The fourth-order valence-corrected chi connectivity index (χ4v) is 4.08. The fourth-order valence-electron chi connectivity index (χ4n) is 4.08. The maximum absolute atomic E-state index is 13.3. The van der Waals surface area contributed by atoms with Crippen LogP contribution in [0.1, 0.15) is 48.3 Å². The number of piperidine rings is 1. The lowest BCUT2D eigenvalue weighted by Gasteiger charge is -2.31. The molecule has 3 heterocycles. The summed E-state index contributed by atoms with van der Waals surface area (Å²) in [6, 6.07) is 4.68. The molecule has 0 N–H and O–H groups in total. The normalized spacial score (nSPS) is 16.6. The Balaban J connectivity index is 1.45. The van der Waals surface area contributed by atoms with E-state index in [1.165, 1.54) is 23.4 Å². The summed E-state index contributed by atoms with van der Waals surface area (Å²) in [4.78, 5) is 2.50. The first-order valence-electron chi connectivity index (χ1n) is 9.37. The SMILES string of the molecule is CCn1nc(C)c(CN2CCC(c3noc4cc(F)ccc34)CC2)c1C. The van der Waals surface area contributed by atoms with E-state index >= 15 is 0 Å². The van der Waals surface area contributed by atoms with Gasteiger partial charge in [0.2, 0.25) is 0 Å². The van der Waals surface area contributed by atoms with E-state index in [-0.39, 0.29) is 5.82 Å². The molecule has 0 amide bonds. The number of rotatable bonds is 4. The highest BCUT2D eigenvalue weighted by molar-refractivity contribution is 5.79. The lowest BCUT2D eigenvalue weighted by atomic mass is 9.91. The molecular weight excluding hydrogens is 331 g/mol. The van der Waals surface area contributed by atoms with Gasteiger partial charge in [0.25, 0.3) is 0 Å². The smallest absolute Gasteiger partial charge is 0.170 e. The lowest BCUT2D eigenvalue weighted by molar-refractivity contribution is 0.201. The predicted molar refractivity (Wildman–Crippen MR) is 98.6 cm³/mol. The molecule has 1 aromatic carbocycles. The van der Waals surface area contributed by atoms with Crippen molar-refractivity contribution in [2.24, 2.45) is 0 Å². The van der Waals surface area contributed by atoms with E-state index in [4.69, 9.17) is 4.52 Å². The average molecular weight is 356 g/mol. The Bertz CT molecular complexity index is 921. The summed E-state index contributed by atoms with van der Waals surface area (Å²) in [7, 11) is 0. The molecule has 0 aliphatic carbocycles. The molecule has 0 unspecified atom stereocenters. The van der Waals surface area contributed by atoms with Crippen LogP contribution in [0.3, 0.4) is 0 Å². The van der Waals surface area contributed by atoms with Gasteiger partial charge in [-0.25, -0.2) is 4.39 Å². The molecule has 0 radical (unpaired) electrons. The Morgan fingerprint density at radius 3 is 2.69 bits per heavy atom. The Hall–Kier alpha value is -2.21. The second kappa shape index (κ2) is 6.83. The molecular formula is C20H25FN4O. The van der Waals surface area contributed by atoms with Gasteiger partial charge in [0.05, 0.1) is 11.4 Å². The maximum atomic E-state index is 13.3. The second-order valence-corrected chi connectivity index (χ2v) is 7.22. The molecule has 4 rings (SSSR count). The molecule has 0 spiro atoms. The number of benzene rings is 1. The van der Waals surface area contributed by atoms with Gasteiger partial charge in [-0.1, -0.05) is 5.16 Å². The zero-order chi connectivity index (χ0) is 18.3. The van der Waals surface area contributed by atoms with Crippen LogP contribution in [0.2, 0.25) is 0 Å². The van der Waals surface area contributed by atoms with Crippen LogP contribution in [0.15, 0.2) is 22.7 Å². The number of fused-ring (bicyclic) bond motifs is 1. The van der Waals surface area contributed by atoms with Crippen LogP contribution in [0.4, 0.5) is 4.39 Å². The van der Waals surface area contributed by atoms with Crippen LogP contribution in [0.25, 0.3) is 11.0 Å². The molecule has 138 valence electrons. The van der Waals surface area contributed by atoms with Crippen LogP contribution in [0.5, 0.6) is 0 Å². The van der Waals surface area contributed by atoms with E-state index in [0.29, 0.717) is 11.5 Å². The van der Waals surface area contributed by atoms with Crippen LogP contribution in [-0.4, -0.2) is 32.9 Å². The van der Waals surface area contributed by atoms with Crippen LogP contribution in [-0.2, 0) is 13.1 Å². The Morgan fingerprint density at radius 2 is 2.00 bits per heavy atom. The summed E-state index contributed by atoms with van der Waals surface area (Å²) in [6.45, 7) is 10.3. The molecule has 1 saturated heterocycles. The van der Waals surface area contributed by atoms with Gasteiger partial charge in [-0.2, -0.15) is 5.10 Å². The molecule has 3 aromatic rings. The van der Waals surface area contributed by atoms with Crippen molar-refractivity contribution in [3.63, 3.8) is 0 Å². The molecule has 26 heavy (non-hydrogen) atoms. The van der Waals surface area contributed by atoms with Gasteiger partial charge < -0.3 is 4.52 Å². The largest absolute Gasteiger partial charge is 0.356 e. The summed E-state index contributed by atoms with van der Waals surface area (Å²) >= 11 is 0. The van der Waals surface area contributed by atoms with Gasteiger partial charge in [-0.3, -0.25) is 9.58 Å². The zero-order valence-electron chi connectivity index (χ0n) is 15.6. The third-order valence-electron chi connectivity index (χ3n) is 5.65. The van der Waals surface area contributed by atoms with Crippen molar-refractivity contribution in [1.82, 2.24) is 19.8 Å². The monoisotopic (exact) mass is 356 g/mol. The van der Waals surface area contributed by atoms with Gasteiger partial charge in [0.1, 0.15) is 5.82 Å². The number of aromatic nitrogens is 3. The molecule has 1 aliphatic rings. The Morgan fingerprint density at radius 1 is 1.23 bits per heavy atom. The van der Waals surface area contributed by atoms with Crippen LogP contribution < -0.4 is 0 Å². The molecule has 5 nitrogen and oxygen atoms in total. The number of likely N-dealkylation sites (tertiary alicyclic amines) is 1. The number of aryl methyl sites for hydroxylation is 2. The van der Waals surface area contributed by atoms with Crippen LogP contribution in [0, 0.1) is 19.7 Å². The summed E-state index contributed by atoms with van der Waals surface area (Å²) in [5, 5.41) is 9.81. The van der Waals surface area contributed by atoms with Crippen molar-refractivity contribution in [1.29, 1.82) is 0 Å². The van der Waals surface area contributed by atoms with Gasteiger partial charge in [0, 0.05) is 41.7 Å². The van der Waals surface area contributed by atoms with E-state index < -0.39 is 0 Å². The number of hydrogen-bond donors (Lipinski definition) is 0. The van der Waals surface area contributed by atoms with E-state index in [0.717, 1.165) is 55.8 Å². The van der Waals surface area contributed by atoms with Crippen molar-refractivity contribution < 1.29 is 8.91 Å². The third-order valence-corrected chi connectivity index (χ3v) is 5.65. The molecule has 2 aromatic heterocycles. The third kappa shape index (κ3) is 3.03. The molecule has 0 atom stereocenters. The van der Waals surface area contributed by atoms with Crippen LogP contribution >= 0.6 is 0 Å². The quantitative estimate of drug-likeness (QED) is 0.704. The fraction of sp³-hybridized carbons (Fsp3) is 0.500. The highest BCUT2D eigenvalue weighted by Crippen LogP contribution is 2.33. The molecule has 6 heteroatoms. The summed E-state index contributed by atoms with van der Waals surface area (Å²) < 4.78 is 20.8. The molecule has 0 saturated carbocycles. The highest BCUT2D eigenvalue weighted by Gasteiger charge is 2.26. The lowest BCUT2D eigenvalue weighted by Crippen LogP contribution is -2.33. The number of hydrogen-bond acceptors (Lipinski definition) is 4. The van der Waals surface area contributed by atoms with E-state index in [2.05, 4.69) is 40.6 Å². The van der Waals surface area contributed by atoms with E-state index in [1.54, 1.807) is 6.07 Å². The first kappa shape index (κ1) is 17.2. The van der Waals surface area contributed by atoms with Gasteiger partial charge in [-0.15, -0.1) is 0 Å². The Labute approximate surface area is 152 Å². The minimum Gasteiger partial charge on any atom is -0.356 e. The summed E-state index contributed by atoms with van der Waals surface area (Å²) in [6.07, 6.45) is 2.08. The summed E-state index contributed by atoms with van der Waals surface area (Å²) in [5.74, 6) is 0.0897. The molecule has 1 fully saturated rings. The van der Waals surface area contributed by atoms with Crippen molar-refractivity contribution >= 4 is 11.0 Å². The number of nitrogens with zero attached hydrogens (tertiary/aromatic N) is 4. The topological polar surface area (TPSA) is 47.1 Å².